The molecule has 0 radical (unpaired) electrons. The molecular formula is C20H23ClN2O2. The maximum atomic E-state index is 12.2. The van der Waals surface area contributed by atoms with Crippen molar-refractivity contribution in [2.45, 2.75) is 27.2 Å². The van der Waals surface area contributed by atoms with Crippen molar-refractivity contribution < 1.29 is 9.59 Å². The number of rotatable bonds is 6. The number of aryl methyl sites for hydroxylation is 2. The second-order valence-corrected chi connectivity index (χ2v) is 6.56. The van der Waals surface area contributed by atoms with E-state index >= 15 is 0 Å². The average molecular weight is 359 g/mol. The van der Waals surface area contributed by atoms with Gasteiger partial charge in [0.15, 0.2) is 0 Å². The first-order valence-electron chi connectivity index (χ1n) is 8.23. The highest BCUT2D eigenvalue weighted by Gasteiger charge is 2.17. The predicted molar refractivity (Wildman–Crippen MR) is 102 cm³/mol. The molecule has 0 bridgehead atoms. The summed E-state index contributed by atoms with van der Waals surface area (Å²) in [4.78, 5) is 25.7. The SMILES string of the molecule is CC(=O)N(CC(=O)NCCc1cccc(Cl)c1)c1ccc(C)cc1C. The van der Waals surface area contributed by atoms with Gasteiger partial charge in [-0.05, 0) is 49.6 Å². The van der Waals surface area contributed by atoms with Gasteiger partial charge in [-0.3, -0.25) is 9.59 Å². The molecule has 0 aromatic heterocycles. The topological polar surface area (TPSA) is 49.4 Å². The molecule has 0 saturated heterocycles. The van der Waals surface area contributed by atoms with E-state index in [0.717, 1.165) is 22.4 Å². The summed E-state index contributed by atoms with van der Waals surface area (Å²) >= 11 is 5.95. The highest BCUT2D eigenvalue weighted by atomic mass is 35.5. The summed E-state index contributed by atoms with van der Waals surface area (Å²) in [7, 11) is 0. The zero-order valence-electron chi connectivity index (χ0n) is 14.8. The van der Waals surface area contributed by atoms with Crippen molar-refractivity contribution in [1.82, 2.24) is 5.32 Å². The smallest absolute Gasteiger partial charge is 0.240 e. The van der Waals surface area contributed by atoms with E-state index in [2.05, 4.69) is 5.32 Å². The second-order valence-electron chi connectivity index (χ2n) is 6.12. The van der Waals surface area contributed by atoms with Crippen molar-refractivity contribution in [2.24, 2.45) is 0 Å². The molecule has 2 aromatic carbocycles. The minimum atomic E-state index is -0.183. The van der Waals surface area contributed by atoms with E-state index in [1.54, 1.807) is 0 Å². The Hall–Kier alpha value is -2.33. The van der Waals surface area contributed by atoms with Crippen molar-refractivity contribution in [1.29, 1.82) is 0 Å². The van der Waals surface area contributed by atoms with Gasteiger partial charge in [0.1, 0.15) is 6.54 Å². The summed E-state index contributed by atoms with van der Waals surface area (Å²) in [5.41, 5.74) is 3.92. The van der Waals surface area contributed by atoms with E-state index in [0.29, 0.717) is 18.0 Å². The van der Waals surface area contributed by atoms with Gasteiger partial charge >= 0.3 is 0 Å². The number of nitrogens with zero attached hydrogens (tertiary/aromatic N) is 1. The third kappa shape index (κ3) is 5.61. The fourth-order valence-electron chi connectivity index (χ4n) is 2.71. The monoisotopic (exact) mass is 358 g/mol. The molecule has 2 amide bonds. The molecule has 1 N–H and O–H groups in total. The molecule has 0 aliphatic rings. The van der Waals surface area contributed by atoms with Gasteiger partial charge in [-0.1, -0.05) is 41.4 Å². The molecule has 132 valence electrons. The van der Waals surface area contributed by atoms with Gasteiger partial charge < -0.3 is 10.2 Å². The lowest BCUT2D eigenvalue weighted by Gasteiger charge is -2.23. The van der Waals surface area contributed by atoms with Gasteiger partial charge in [-0.2, -0.15) is 0 Å². The van der Waals surface area contributed by atoms with Crippen LogP contribution in [0.4, 0.5) is 5.69 Å². The molecule has 0 unspecified atom stereocenters. The maximum Gasteiger partial charge on any atom is 0.240 e. The first-order chi connectivity index (χ1) is 11.9. The highest BCUT2D eigenvalue weighted by Crippen LogP contribution is 2.21. The largest absolute Gasteiger partial charge is 0.354 e. The molecule has 0 aliphatic heterocycles. The van der Waals surface area contributed by atoms with E-state index in [1.807, 2.05) is 56.3 Å². The zero-order valence-corrected chi connectivity index (χ0v) is 15.6. The minimum Gasteiger partial charge on any atom is -0.354 e. The Morgan fingerprint density at radius 3 is 2.52 bits per heavy atom. The maximum absolute atomic E-state index is 12.2. The predicted octanol–water partition coefficient (Wildman–Crippen LogP) is 3.67. The molecule has 0 heterocycles. The molecule has 25 heavy (non-hydrogen) atoms. The quantitative estimate of drug-likeness (QED) is 0.856. The van der Waals surface area contributed by atoms with Crippen molar-refractivity contribution in [3.05, 3.63) is 64.2 Å². The highest BCUT2D eigenvalue weighted by molar-refractivity contribution is 6.30. The standard InChI is InChI=1S/C20H23ClN2O2/c1-14-7-8-19(15(2)11-14)23(16(3)24)13-20(25)22-10-9-17-5-4-6-18(21)12-17/h4-8,11-12H,9-10,13H2,1-3H3,(H,22,25). The van der Waals surface area contributed by atoms with Crippen molar-refractivity contribution in [2.75, 3.05) is 18.0 Å². The number of carbonyl (C=O) groups is 2. The van der Waals surface area contributed by atoms with Gasteiger partial charge in [0.05, 0.1) is 0 Å². The molecule has 0 spiro atoms. The van der Waals surface area contributed by atoms with Gasteiger partial charge in [0.2, 0.25) is 11.8 Å². The summed E-state index contributed by atoms with van der Waals surface area (Å²) in [5, 5.41) is 3.54. The van der Waals surface area contributed by atoms with E-state index in [-0.39, 0.29) is 18.4 Å². The lowest BCUT2D eigenvalue weighted by molar-refractivity contribution is -0.123. The van der Waals surface area contributed by atoms with Crippen LogP contribution < -0.4 is 10.2 Å². The fourth-order valence-corrected chi connectivity index (χ4v) is 2.93. The number of amides is 2. The first-order valence-corrected chi connectivity index (χ1v) is 8.61. The summed E-state index contributed by atoms with van der Waals surface area (Å²) < 4.78 is 0. The van der Waals surface area contributed by atoms with Crippen molar-refractivity contribution in [3.8, 4) is 0 Å². The summed E-state index contributed by atoms with van der Waals surface area (Å²) in [6.45, 7) is 5.91. The molecule has 4 nitrogen and oxygen atoms in total. The molecule has 0 atom stereocenters. The molecule has 2 rings (SSSR count). The summed E-state index contributed by atoms with van der Waals surface area (Å²) in [5.74, 6) is -0.339. The molecule has 5 heteroatoms. The number of halogens is 1. The fraction of sp³-hybridized carbons (Fsp3) is 0.300. The van der Waals surface area contributed by atoms with Gasteiger partial charge in [-0.15, -0.1) is 0 Å². The molecule has 0 aliphatic carbocycles. The third-order valence-corrected chi connectivity index (χ3v) is 4.18. The van der Waals surface area contributed by atoms with Crippen LogP contribution in [0.1, 0.15) is 23.6 Å². The minimum absolute atomic E-state index is 0.00871. The zero-order chi connectivity index (χ0) is 18.4. The Kier molecular flexibility index (Phi) is 6.59. The van der Waals surface area contributed by atoms with Crippen LogP contribution in [0.3, 0.4) is 0 Å². The number of hydrogen-bond acceptors (Lipinski definition) is 2. The van der Waals surface area contributed by atoms with Gasteiger partial charge in [0.25, 0.3) is 0 Å². The van der Waals surface area contributed by atoms with Crippen LogP contribution in [0, 0.1) is 13.8 Å². The molecule has 2 aromatic rings. The molecule has 0 fully saturated rings. The van der Waals surface area contributed by atoms with E-state index in [4.69, 9.17) is 11.6 Å². The lowest BCUT2D eigenvalue weighted by atomic mass is 10.1. The number of anilines is 1. The van der Waals surface area contributed by atoms with Crippen LogP contribution in [0.15, 0.2) is 42.5 Å². The first kappa shape index (κ1) is 19.0. The Balaban J connectivity index is 1.95. The Labute approximate surface area is 153 Å². The van der Waals surface area contributed by atoms with Crippen LogP contribution in [0.5, 0.6) is 0 Å². The lowest BCUT2D eigenvalue weighted by Crippen LogP contribution is -2.40. The molecule has 0 saturated carbocycles. The summed E-state index contributed by atoms with van der Waals surface area (Å²) in [6.07, 6.45) is 0.690. The second kappa shape index (κ2) is 8.67. The van der Waals surface area contributed by atoms with Crippen LogP contribution in [-0.2, 0) is 16.0 Å². The van der Waals surface area contributed by atoms with Gasteiger partial charge in [0, 0.05) is 24.2 Å². The van der Waals surface area contributed by atoms with E-state index in [9.17, 15) is 9.59 Å². The number of nitrogens with one attached hydrogen (secondary N) is 1. The van der Waals surface area contributed by atoms with Crippen LogP contribution in [-0.4, -0.2) is 24.9 Å². The van der Waals surface area contributed by atoms with Gasteiger partial charge in [-0.25, -0.2) is 0 Å². The molecular weight excluding hydrogens is 336 g/mol. The Bertz CT molecular complexity index is 774. The Morgan fingerprint density at radius 1 is 1.12 bits per heavy atom. The third-order valence-electron chi connectivity index (χ3n) is 3.95. The van der Waals surface area contributed by atoms with E-state index < -0.39 is 0 Å². The van der Waals surface area contributed by atoms with Crippen LogP contribution >= 0.6 is 11.6 Å². The number of hydrogen-bond donors (Lipinski definition) is 1. The average Bonchev–Trinajstić information content (AvgIpc) is 2.53. The van der Waals surface area contributed by atoms with E-state index in [1.165, 1.54) is 11.8 Å². The number of benzene rings is 2. The van der Waals surface area contributed by atoms with Crippen molar-refractivity contribution in [3.63, 3.8) is 0 Å². The van der Waals surface area contributed by atoms with Crippen LogP contribution in [0.2, 0.25) is 5.02 Å². The van der Waals surface area contributed by atoms with Crippen molar-refractivity contribution >= 4 is 29.1 Å². The van der Waals surface area contributed by atoms with Crippen LogP contribution in [0.25, 0.3) is 0 Å². The Morgan fingerprint density at radius 2 is 1.88 bits per heavy atom. The summed E-state index contributed by atoms with van der Waals surface area (Å²) in [6, 6.07) is 13.4. The number of carbonyl (C=O) groups excluding carboxylic acids is 2. The normalized spacial score (nSPS) is 10.4.